The summed E-state index contributed by atoms with van der Waals surface area (Å²) in [7, 11) is -3.54. The zero-order valence-electron chi connectivity index (χ0n) is 11.4. The third kappa shape index (κ3) is 4.52. The van der Waals surface area contributed by atoms with E-state index in [1.165, 1.54) is 23.5 Å². The highest BCUT2D eigenvalue weighted by atomic mass is 35.5. The molecule has 2 rings (SSSR count). The first-order valence-corrected chi connectivity index (χ1v) is 9.08. The van der Waals surface area contributed by atoms with Gasteiger partial charge in [0.05, 0.1) is 11.0 Å². The average Bonchev–Trinajstić information content (AvgIpc) is 2.87. The number of halogens is 1. The predicted molar refractivity (Wildman–Crippen MR) is 85.3 cm³/mol. The normalized spacial score (nSPS) is 13.3. The van der Waals surface area contributed by atoms with E-state index >= 15 is 0 Å². The Balaban J connectivity index is 1.96. The van der Waals surface area contributed by atoms with Crippen LogP contribution in [0, 0.1) is 0 Å². The number of benzene rings is 1. The standard InChI is InChI=1S/C14H16ClNO3S2/c1-10(17)14-6-5-12(20-14)7-8-16-21(18,19)13-4-2-3-11(15)9-13/h2-6,9-10,16-17H,7-8H2,1H3. The highest BCUT2D eigenvalue weighted by Gasteiger charge is 2.14. The first-order valence-electron chi connectivity index (χ1n) is 6.40. The molecule has 1 unspecified atom stereocenters. The van der Waals surface area contributed by atoms with E-state index in [9.17, 15) is 13.5 Å². The van der Waals surface area contributed by atoms with Crippen molar-refractivity contribution in [2.24, 2.45) is 0 Å². The van der Waals surface area contributed by atoms with Crippen LogP contribution in [0.2, 0.25) is 5.02 Å². The molecule has 0 aliphatic rings. The van der Waals surface area contributed by atoms with E-state index in [4.69, 9.17) is 11.6 Å². The van der Waals surface area contributed by atoms with Gasteiger partial charge >= 0.3 is 0 Å². The number of aliphatic hydroxyl groups is 1. The fraction of sp³-hybridized carbons (Fsp3) is 0.286. The number of hydrogen-bond donors (Lipinski definition) is 2. The monoisotopic (exact) mass is 345 g/mol. The van der Waals surface area contributed by atoms with Crippen molar-refractivity contribution in [3.8, 4) is 0 Å². The molecule has 0 radical (unpaired) electrons. The van der Waals surface area contributed by atoms with E-state index in [0.29, 0.717) is 18.0 Å². The third-order valence-corrected chi connectivity index (χ3v) is 5.87. The first-order chi connectivity index (χ1) is 9.88. The van der Waals surface area contributed by atoms with Gasteiger partial charge in [0, 0.05) is 21.3 Å². The van der Waals surface area contributed by atoms with Crippen LogP contribution in [0.3, 0.4) is 0 Å². The van der Waals surface area contributed by atoms with Gasteiger partial charge in [-0.05, 0) is 43.7 Å². The highest BCUT2D eigenvalue weighted by Crippen LogP contribution is 2.23. The number of thiophene rings is 1. The van der Waals surface area contributed by atoms with Gasteiger partial charge in [-0.25, -0.2) is 13.1 Å². The second-order valence-corrected chi connectivity index (χ2v) is 7.99. The number of hydrogen-bond acceptors (Lipinski definition) is 4. The van der Waals surface area contributed by atoms with Gasteiger partial charge in [-0.15, -0.1) is 11.3 Å². The van der Waals surface area contributed by atoms with Crippen molar-refractivity contribution in [3.05, 3.63) is 51.2 Å². The number of rotatable bonds is 6. The van der Waals surface area contributed by atoms with Crippen LogP contribution in [0.25, 0.3) is 0 Å². The molecule has 0 saturated heterocycles. The van der Waals surface area contributed by atoms with E-state index in [2.05, 4.69) is 4.72 Å². The molecule has 0 spiro atoms. The summed E-state index contributed by atoms with van der Waals surface area (Å²) in [6.07, 6.45) is 0.0869. The number of sulfonamides is 1. The molecule has 4 nitrogen and oxygen atoms in total. The Morgan fingerprint density at radius 3 is 2.71 bits per heavy atom. The second-order valence-electron chi connectivity index (χ2n) is 4.59. The fourth-order valence-electron chi connectivity index (χ4n) is 1.78. The molecule has 114 valence electrons. The Bertz CT molecular complexity index is 711. The largest absolute Gasteiger partial charge is 0.388 e. The van der Waals surface area contributed by atoms with Gasteiger partial charge in [-0.2, -0.15) is 0 Å². The lowest BCUT2D eigenvalue weighted by Crippen LogP contribution is -2.25. The van der Waals surface area contributed by atoms with E-state index in [1.54, 1.807) is 19.1 Å². The van der Waals surface area contributed by atoms with Crippen LogP contribution in [0.1, 0.15) is 22.8 Å². The Morgan fingerprint density at radius 2 is 2.10 bits per heavy atom. The molecular weight excluding hydrogens is 330 g/mol. The highest BCUT2D eigenvalue weighted by molar-refractivity contribution is 7.89. The minimum absolute atomic E-state index is 0.158. The molecule has 0 fully saturated rings. The molecule has 0 amide bonds. The fourth-order valence-corrected chi connectivity index (χ4v) is 4.06. The minimum Gasteiger partial charge on any atom is -0.388 e. The van der Waals surface area contributed by atoms with E-state index in [1.807, 2.05) is 12.1 Å². The summed E-state index contributed by atoms with van der Waals surface area (Å²) in [5.41, 5.74) is 0. The molecule has 1 aromatic carbocycles. The Morgan fingerprint density at radius 1 is 1.33 bits per heavy atom. The van der Waals surface area contributed by atoms with Crippen molar-refractivity contribution in [3.63, 3.8) is 0 Å². The van der Waals surface area contributed by atoms with Crippen LogP contribution in [0.4, 0.5) is 0 Å². The smallest absolute Gasteiger partial charge is 0.240 e. The summed E-state index contributed by atoms with van der Waals surface area (Å²) in [5, 5.41) is 9.84. The lowest BCUT2D eigenvalue weighted by Gasteiger charge is -2.06. The summed E-state index contributed by atoms with van der Waals surface area (Å²) in [5.74, 6) is 0. The summed E-state index contributed by atoms with van der Waals surface area (Å²) in [4.78, 5) is 2.06. The third-order valence-electron chi connectivity index (χ3n) is 2.86. The zero-order chi connectivity index (χ0) is 15.5. The summed E-state index contributed by atoms with van der Waals surface area (Å²) in [6.45, 7) is 2.01. The first kappa shape index (κ1) is 16.5. The number of nitrogens with one attached hydrogen (secondary N) is 1. The maximum absolute atomic E-state index is 12.1. The summed E-state index contributed by atoms with van der Waals surface area (Å²) >= 11 is 7.28. The molecule has 0 saturated carbocycles. The number of aliphatic hydroxyl groups excluding tert-OH is 1. The van der Waals surface area contributed by atoms with Crippen molar-refractivity contribution in [2.75, 3.05) is 6.54 Å². The van der Waals surface area contributed by atoms with Crippen LogP contribution in [0.5, 0.6) is 0 Å². The summed E-state index contributed by atoms with van der Waals surface area (Å²) in [6, 6.07) is 9.91. The molecule has 0 aliphatic carbocycles. The van der Waals surface area contributed by atoms with Crippen LogP contribution in [-0.4, -0.2) is 20.1 Å². The molecule has 2 aromatic rings. The molecular formula is C14H16ClNO3S2. The topological polar surface area (TPSA) is 66.4 Å². The van der Waals surface area contributed by atoms with E-state index in [0.717, 1.165) is 9.75 Å². The van der Waals surface area contributed by atoms with Crippen molar-refractivity contribution in [2.45, 2.75) is 24.3 Å². The van der Waals surface area contributed by atoms with Crippen LogP contribution < -0.4 is 4.72 Å². The second kappa shape index (κ2) is 6.89. The van der Waals surface area contributed by atoms with Gasteiger partial charge in [0.2, 0.25) is 10.0 Å². The molecule has 1 atom stereocenters. The minimum atomic E-state index is -3.54. The SMILES string of the molecule is CC(O)c1ccc(CCNS(=O)(=O)c2cccc(Cl)c2)s1. The quantitative estimate of drug-likeness (QED) is 0.845. The summed E-state index contributed by atoms with van der Waals surface area (Å²) < 4.78 is 26.7. The lowest BCUT2D eigenvalue weighted by atomic mass is 10.3. The van der Waals surface area contributed by atoms with Crippen LogP contribution in [0.15, 0.2) is 41.3 Å². The Hall–Kier alpha value is -0.920. The molecule has 21 heavy (non-hydrogen) atoms. The van der Waals surface area contributed by atoms with Crippen molar-refractivity contribution < 1.29 is 13.5 Å². The molecule has 7 heteroatoms. The van der Waals surface area contributed by atoms with Gasteiger partial charge in [-0.3, -0.25) is 0 Å². The molecule has 1 heterocycles. The van der Waals surface area contributed by atoms with Gasteiger partial charge in [0.25, 0.3) is 0 Å². The van der Waals surface area contributed by atoms with Gasteiger partial charge in [0.15, 0.2) is 0 Å². The average molecular weight is 346 g/mol. The lowest BCUT2D eigenvalue weighted by molar-refractivity contribution is 0.203. The van der Waals surface area contributed by atoms with Gasteiger partial charge < -0.3 is 5.11 Å². The molecule has 0 aliphatic heterocycles. The van der Waals surface area contributed by atoms with Crippen molar-refractivity contribution in [1.82, 2.24) is 4.72 Å². The maximum atomic E-state index is 12.1. The maximum Gasteiger partial charge on any atom is 0.240 e. The Kier molecular flexibility index (Phi) is 5.40. The van der Waals surface area contributed by atoms with Gasteiger partial charge in [-0.1, -0.05) is 17.7 Å². The predicted octanol–water partition coefficient (Wildman–Crippen LogP) is 2.98. The van der Waals surface area contributed by atoms with E-state index < -0.39 is 16.1 Å². The van der Waals surface area contributed by atoms with E-state index in [-0.39, 0.29) is 4.90 Å². The molecule has 1 aromatic heterocycles. The van der Waals surface area contributed by atoms with Crippen LogP contribution in [-0.2, 0) is 16.4 Å². The van der Waals surface area contributed by atoms with Gasteiger partial charge in [0.1, 0.15) is 0 Å². The zero-order valence-corrected chi connectivity index (χ0v) is 13.8. The van der Waals surface area contributed by atoms with Crippen LogP contribution >= 0.6 is 22.9 Å². The van der Waals surface area contributed by atoms with Crippen molar-refractivity contribution >= 4 is 33.0 Å². The molecule has 2 N–H and O–H groups in total. The van der Waals surface area contributed by atoms with Crippen molar-refractivity contribution in [1.29, 1.82) is 0 Å². The molecule has 0 bridgehead atoms. The Labute approximate surface area is 133 Å².